The van der Waals surface area contributed by atoms with Crippen molar-refractivity contribution in [1.82, 2.24) is 4.98 Å². The fraction of sp³-hybridized carbons (Fsp3) is 0.357. The van der Waals surface area contributed by atoms with Gasteiger partial charge in [0.2, 0.25) is 0 Å². The minimum atomic E-state index is 0.259. The van der Waals surface area contributed by atoms with Gasteiger partial charge in [0.15, 0.2) is 0 Å². The zero-order chi connectivity index (χ0) is 12.4. The van der Waals surface area contributed by atoms with E-state index in [1.807, 2.05) is 11.6 Å². The topological polar surface area (TPSA) is 24.9 Å². The van der Waals surface area contributed by atoms with E-state index in [0.717, 1.165) is 5.01 Å². The quantitative estimate of drug-likeness (QED) is 0.876. The first kappa shape index (κ1) is 12.1. The van der Waals surface area contributed by atoms with Crippen LogP contribution in [0.4, 0.5) is 5.69 Å². The van der Waals surface area contributed by atoms with Gasteiger partial charge in [0.05, 0.1) is 6.04 Å². The fourth-order valence-corrected chi connectivity index (χ4v) is 2.78. The molecular formula is C14H18N2S. The summed E-state index contributed by atoms with van der Waals surface area (Å²) in [5.74, 6) is 0. The summed E-state index contributed by atoms with van der Waals surface area (Å²) in [5, 5.41) is 6.70. The van der Waals surface area contributed by atoms with Crippen molar-refractivity contribution in [3.05, 3.63) is 45.4 Å². The fourth-order valence-electron chi connectivity index (χ4n) is 2.13. The molecule has 2 rings (SSSR count). The molecule has 0 amide bonds. The Morgan fingerprint density at radius 1 is 1.18 bits per heavy atom. The molecule has 1 heterocycles. The van der Waals surface area contributed by atoms with E-state index in [1.54, 1.807) is 11.3 Å². The highest BCUT2D eigenvalue weighted by molar-refractivity contribution is 7.09. The predicted molar refractivity (Wildman–Crippen MR) is 74.8 cm³/mol. The summed E-state index contributed by atoms with van der Waals surface area (Å²) >= 11 is 1.69. The second kappa shape index (κ2) is 4.88. The number of hydrogen-bond acceptors (Lipinski definition) is 3. The lowest BCUT2D eigenvalue weighted by atomic mass is 10.0. The van der Waals surface area contributed by atoms with Crippen LogP contribution in [0.3, 0.4) is 0 Å². The summed E-state index contributed by atoms with van der Waals surface area (Å²) in [5.41, 5.74) is 5.14. The van der Waals surface area contributed by atoms with E-state index in [0.29, 0.717) is 0 Å². The van der Waals surface area contributed by atoms with Crippen molar-refractivity contribution in [3.63, 3.8) is 0 Å². The third kappa shape index (κ3) is 2.67. The van der Waals surface area contributed by atoms with E-state index in [4.69, 9.17) is 0 Å². The van der Waals surface area contributed by atoms with Crippen LogP contribution in [0.2, 0.25) is 0 Å². The van der Waals surface area contributed by atoms with Gasteiger partial charge in [-0.3, -0.25) is 0 Å². The van der Waals surface area contributed by atoms with Gasteiger partial charge in [-0.15, -0.1) is 11.3 Å². The molecule has 1 unspecified atom stereocenters. The standard InChI is InChI=1S/C14H18N2S/c1-9-7-10(2)13(11(3)8-9)16-12(4)14-15-5-6-17-14/h5-8,12,16H,1-4H3. The number of thiazole rings is 1. The molecule has 90 valence electrons. The van der Waals surface area contributed by atoms with Crippen molar-refractivity contribution >= 4 is 17.0 Å². The number of aryl methyl sites for hydroxylation is 3. The van der Waals surface area contributed by atoms with Gasteiger partial charge >= 0.3 is 0 Å². The maximum Gasteiger partial charge on any atom is 0.115 e. The number of nitrogens with zero attached hydrogens (tertiary/aromatic N) is 1. The van der Waals surface area contributed by atoms with Crippen LogP contribution in [0.5, 0.6) is 0 Å². The summed E-state index contributed by atoms with van der Waals surface area (Å²) in [6, 6.07) is 4.68. The first-order valence-electron chi connectivity index (χ1n) is 5.81. The number of anilines is 1. The van der Waals surface area contributed by atoms with Gasteiger partial charge < -0.3 is 5.32 Å². The molecule has 0 bridgehead atoms. The Balaban J connectivity index is 2.25. The second-order valence-electron chi connectivity index (χ2n) is 4.51. The van der Waals surface area contributed by atoms with Crippen LogP contribution in [0, 0.1) is 20.8 Å². The molecule has 0 aliphatic heterocycles. The Labute approximate surface area is 107 Å². The van der Waals surface area contributed by atoms with Gasteiger partial charge in [0.25, 0.3) is 0 Å². The Bertz CT molecular complexity index is 480. The SMILES string of the molecule is Cc1cc(C)c(NC(C)c2nccs2)c(C)c1. The predicted octanol–water partition coefficient (Wildman–Crippen LogP) is 4.24. The van der Waals surface area contributed by atoms with Crippen molar-refractivity contribution in [2.24, 2.45) is 0 Å². The van der Waals surface area contributed by atoms with Crippen LogP contribution < -0.4 is 5.32 Å². The third-order valence-electron chi connectivity index (χ3n) is 2.86. The molecule has 1 N–H and O–H groups in total. The second-order valence-corrected chi connectivity index (χ2v) is 5.44. The Morgan fingerprint density at radius 3 is 2.35 bits per heavy atom. The number of rotatable bonds is 3. The van der Waals surface area contributed by atoms with Gasteiger partial charge in [-0.05, 0) is 38.8 Å². The van der Waals surface area contributed by atoms with Crippen molar-refractivity contribution in [3.8, 4) is 0 Å². The minimum absolute atomic E-state index is 0.259. The molecule has 1 aromatic heterocycles. The van der Waals surface area contributed by atoms with Gasteiger partial charge in [-0.25, -0.2) is 4.98 Å². The molecule has 1 atom stereocenters. The van der Waals surface area contributed by atoms with E-state index in [9.17, 15) is 0 Å². The molecule has 0 fully saturated rings. The first-order chi connectivity index (χ1) is 8.08. The molecule has 0 aliphatic carbocycles. The number of nitrogens with one attached hydrogen (secondary N) is 1. The Kier molecular flexibility index (Phi) is 3.48. The highest BCUT2D eigenvalue weighted by Gasteiger charge is 2.11. The maximum atomic E-state index is 4.35. The monoisotopic (exact) mass is 246 g/mol. The van der Waals surface area contributed by atoms with Crippen molar-refractivity contribution in [2.45, 2.75) is 33.7 Å². The molecule has 17 heavy (non-hydrogen) atoms. The zero-order valence-corrected chi connectivity index (χ0v) is 11.6. The van der Waals surface area contributed by atoms with Crippen molar-refractivity contribution in [1.29, 1.82) is 0 Å². The summed E-state index contributed by atoms with van der Waals surface area (Å²) in [7, 11) is 0. The molecule has 2 aromatic rings. The lowest BCUT2D eigenvalue weighted by molar-refractivity contribution is 0.865. The van der Waals surface area contributed by atoms with E-state index in [1.165, 1.54) is 22.4 Å². The highest BCUT2D eigenvalue weighted by Crippen LogP contribution is 2.27. The molecule has 0 aliphatic rings. The van der Waals surface area contributed by atoms with E-state index in [2.05, 4.69) is 50.1 Å². The van der Waals surface area contributed by atoms with E-state index >= 15 is 0 Å². The summed E-state index contributed by atoms with van der Waals surface area (Å²) < 4.78 is 0. The van der Waals surface area contributed by atoms with Crippen LogP contribution in [0.25, 0.3) is 0 Å². The third-order valence-corrected chi connectivity index (χ3v) is 3.82. The highest BCUT2D eigenvalue weighted by atomic mass is 32.1. The maximum absolute atomic E-state index is 4.35. The number of hydrogen-bond donors (Lipinski definition) is 1. The van der Waals surface area contributed by atoms with Crippen molar-refractivity contribution < 1.29 is 0 Å². The summed E-state index contributed by atoms with van der Waals surface area (Å²) in [6.07, 6.45) is 1.85. The molecule has 2 nitrogen and oxygen atoms in total. The van der Waals surface area contributed by atoms with Gasteiger partial charge in [0, 0.05) is 17.3 Å². The lowest BCUT2D eigenvalue weighted by Gasteiger charge is -2.18. The Morgan fingerprint density at radius 2 is 1.82 bits per heavy atom. The zero-order valence-electron chi connectivity index (χ0n) is 10.7. The van der Waals surface area contributed by atoms with Gasteiger partial charge in [-0.2, -0.15) is 0 Å². The van der Waals surface area contributed by atoms with Crippen LogP contribution in [-0.4, -0.2) is 4.98 Å². The smallest absolute Gasteiger partial charge is 0.115 e. The van der Waals surface area contributed by atoms with Gasteiger partial charge in [-0.1, -0.05) is 17.7 Å². The van der Waals surface area contributed by atoms with Gasteiger partial charge in [0.1, 0.15) is 5.01 Å². The molecule has 0 spiro atoms. The van der Waals surface area contributed by atoms with Crippen LogP contribution in [0.1, 0.15) is 34.7 Å². The van der Waals surface area contributed by atoms with E-state index < -0.39 is 0 Å². The van der Waals surface area contributed by atoms with Crippen LogP contribution in [0.15, 0.2) is 23.7 Å². The van der Waals surface area contributed by atoms with E-state index in [-0.39, 0.29) is 6.04 Å². The minimum Gasteiger partial charge on any atom is -0.376 e. The molecule has 0 saturated heterocycles. The summed E-state index contributed by atoms with van der Waals surface area (Å²) in [4.78, 5) is 4.35. The van der Waals surface area contributed by atoms with Crippen LogP contribution >= 0.6 is 11.3 Å². The van der Waals surface area contributed by atoms with Crippen LogP contribution in [-0.2, 0) is 0 Å². The molecule has 1 aromatic carbocycles. The summed E-state index contributed by atoms with van der Waals surface area (Å²) in [6.45, 7) is 8.58. The number of benzene rings is 1. The molecule has 0 saturated carbocycles. The normalized spacial score (nSPS) is 12.5. The molecule has 0 radical (unpaired) electrons. The molecular weight excluding hydrogens is 228 g/mol. The molecule has 3 heteroatoms. The Hall–Kier alpha value is -1.35. The lowest BCUT2D eigenvalue weighted by Crippen LogP contribution is -2.08. The van der Waals surface area contributed by atoms with Crippen molar-refractivity contribution in [2.75, 3.05) is 5.32 Å². The average molecular weight is 246 g/mol. The first-order valence-corrected chi connectivity index (χ1v) is 6.69. The largest absolute Gasteiger partial charge is 0.376 e. The number of aromatic nitrogens is 1. The average Bonchev–Trinajstić information content (AvgIpc) is 2.76.